The van der Waals surface area contributed by atoms with Crippen molar-refractivity contribution in [3.05, 3.63) is 0 Å². The van der Waals surface area contributed by atoms with Gasteiger partial charge in [-0.25, -0.2) is 0 Å². The van der Waals surface area contributed by atoms with Crippen LogP contribution in [0, 0.1) is 5.92 Å². The lowest BCUT2D eigenvalue weighted by Gasteiger charge is -2.15. The summed E-state index contributed by atoms with van der Waals surface area (Å²) in [4.78, 5) is 0. The summed E-state index contributed by atoms with van der Waals surface area (Å²) >= 11 is 0. The van der Waals surface area contributed by atoms with Gasteiger partial charge in [0.25, 0.3) is 0 Å². The standard InChI is InChI=1S/C13H29N/c1-4-6-7-8-9-11-13(10-5-2)12-14-3/h13-14H,4-12H2,1-3H3. The van der Waals surface area contributed by atoms with Crippen LogP contribution < -0.4 is 5.32 Å². The van der Waals surface area contributed by atoms with Gasteiger partial charge in [0.2, 0.25) is 0 Å². The molecule has 0 amide bonds. The third kappa shape index (κ3) is 8.55. The van der Waals surface area contributed by atoms with Crippen LogP contribution >= 0.6 is 0 Å². The van der Waals surface area contributed by atoms with Gasteiger partial charge < -0.3 is 5.32 Å². The second-order valence-electron chi connectivity index (χ2n) is 4.42. The van der Waals surface area contributed by atoms with Gasteiger partial charge >= 0.3 is 0 Å². The Kier molecular flexibility index (Phi) is 11.0. The van der Waals surface area contributed by atoms with Crippen LogP contribution in [0.4, 0.5) is 0 Å². The minimum absolute atomic E-state index is 0.923. The quantitative estimate of drug-likeness (QED) is 0.525. The maximum absolute atomic E-state index is 3.30. The van der Waals surface area contributed by atoms with Gasteiger partial charge in [0, 0.05) is 0 Å². The summed E-state index contributed by atoms with van der Waals surface area (Å²) < 4.78 is 0. The minimum Gasteiger partial charge on any atom is -0.319 e. The highest BCUT2D eigenvalue weighted by atomic mass is 14.8. The smallest absolute Gasteiger partial charge is 0.00235 e. The Labute approximate surface area is 90.7 Å². The van der Waals surface area contributed by atoms with Crippen LogP contribution in [0.25, 0.3) is 0 Å². The maximum Gasteiger partial charge on any atom is -0.00235 e. The van der Waals surface area contributed by atoms with E-state index in [4.69, 9.17) is 0 Å². The number of hydrogen-bond donors (Lipinski definition) is 1. The molecule has 0 spiro atoms. The van der Waals surface area contributed by atoms with Gasteiger partial charge in [0.1, 0.15) is 0 Å². The average molecular weight is 199 g/mol. The number of unbranched alkanes of at least 4 members (excludes halogenated alkanes) is 4. The number of hydrogen-bond acceptors (Lipinski definition) is 1. The van der Waals surface area contributed by atoms with Crippen molar-refractivity contribution in [1.82, 2.24) is 5.32 Å². The van der Waals surface area contributed by atoms with Crippen molar-refractivity contribution in [3.63, 3.8) is 0 Å². The Bertz CT molecular complexity index is 95.4. The summed E-state index contributed by atoms with van der Waals surface area (Å²) in [7, 11) is 2.07. The molecule has 0 fully saturated rings. The topological polar surface area (TPSA) is 12.0 Å². The van der Waals surface area contributed by atoms with E-state index in [-0.39, 0.29) is 0 Å². The van der Waals surface area contributed by atoms with Crippen molar-refractivity contribution in [3.8, 4) is 0 Å². The second kappa shape index (κ2) is 11.0. The van der Waals surface area contributed by atoms with E-state index in [1.165, 1.54) is 57.9 Å². The van der Waals surface area contributed by atoms with E-state index in [1.54, 1.807) is 0 Å². The Morgan fingerprint density at radius 1 is 0.857 bits per heavy atom. The largest absolute Gasteiger partial charge is 0.319 e. The van der Waals surface area contributed by atoms with E-state index in [9.17, 15) is 0 Å². The Morgan fingerprint density at radius 3 is 2.14 bits per heavy atom. The summed E-state index contributed by atoms with van der Waals surface area (Å²) in [6.45, 7) is 5.78. The monoisotopic (exact) mass is 199 g/mol. The molecule has 0 heterocycles. The lowest BCUT2D eigenvalue weighted by molar-refractivity contribution is 0.406. The SMILES string of the molecule is CCCCCCCC(CCC)CNC. The van der Waals surface area contributed by atoms with Crippen molar-refractivity contribution in [2.75, 3.05) is 13.6 Å². The van der Waals surface area contributed by atoms with Crippen molar-refractivity contribution in [1.29, 1.82) is 0 Å². The zero-order valence-electron chi connectivity index (χ0n) is 10.4. The molecule has 0 saturated heterocycles. The predicted molar refractivity (Wildman–Crippen MR) is 65.7 cm³/mol. The molecule has 14 heavy (non-hydrogen) atoms. The predicted octanol–water partition coefficient (Wildman–Crippen LogP) is 3.98. The summed E-state index contributed by atoms with van der Waals surface area (Å²) in [5, 5.41) is 3.30. The molecule has 0 aliphatic heterocycles. The third-order valence-electron chi connectivity index (χ3n) is 2.91. The highest BCUT2D eigenvalue weighted by Crippen LogP contribution is 2.15. The van der Waals surface area contributed by atoms with Crippen LogP contribution in [0.15, 0.2) is 0 Å². The fourth-order valence-corrected chi connectivity index (χ4v) is 2.08. The van der Waals surface area contributed by atoms with E-state index in [1.807, 2.05) is 0 Å². The van der Waals surface area contributed by atoms with E-state index >= 15 is 0 Å². The molecule has 0 aliphatic carbocycles. The maximum atomic E-state index is 3.30. The first-order valence-electron chi connectivity index (χ1n) is 6.49. The Morgan fingerprint density at radius 2 is 1.57 bits per heavy atom. The van der Waals surface area contributed by atoms with Crippen molar-refractivity contribution in [2.24, 2.45) is 5.92 Å². The zero-order valence-corrected chi connectivity index (χ0v) is 10.4. The third-order valence-corrected chi connectivity index (χ3v) is 2.91. The lowest BCUT2D eigenvalue weighted by atomic mass is 9.96. The van der Waals surface area contributed by atoms with Crippen molar-refractivity contribution in [2.45, 2.75) is 65.2 Å². The summed E-state index contributed by atoms with van der Waals surface area (Å²) in [5.41, 5.74) is 0. The van der Waals surface area contributed by atoms with E-state index < -0.39 is 0 Å². The molecule has 0 rings (SSSR count). The van der Waals surface area contributed by atoms with Crippen LogP contribution in [-0.4, -0.2) is 13.6 Å². The van der Waals surface area contributed by atoms with Crippen LogP contribution in [-0.2, 0) is 0 Å². The van der Waals surface area contributed by atoms with Crippen LogP contribution in [0.5, 0.6) is 0 Å². The molecule has 1 unspecified atom stereocenters. The van der Waals surface area contributed by atoms with Gasteiger partial charge in [-0.15, -0.1) is 0 Å². The van der Waals surface area contributed by atoms with Gasteiger partial charge in [0.05, 0.1) is 0 Å². The average Bonchev–Trinajstić information content (AvgIpc) is 2.18. The molecule has 0 radical (unpaired) electrons. The summed E-state index contributed by atoms with van der Waals surface area (Å²) in [5.74, 6) is 0.923. The van der Waals surface area contributed by atoms with Crippen molar-refractivity contribution < 1.29 is 0 Å². The highest BCUT2D eigenvalue weighted by Gasteiger charge is 2.05. The molecule has 1 N–H and O–H groups in total. The minimum atomic E-state index is 0.923. The molecule has 0 aromatic heterocycles. The van der Waals surface area contributed by atoms with Crippen LogP contribution in [0.2, 0.25) is 0 Å². The first-order valence-corrected chi connectivity index (χ1v) is 6.49. The van der Waals surface area contributed by atoms with Gasteiger partial charge in [-0.05, 0) is 32.4 Å². The fraction of sp³-hybridized carbons (Fsp3) is 1.00. The molecular formula is C13H29N. The second-order valence-corrected chi connectivity index (χ2v) is 4.42. The molecule has 1 nitrogen and oxygen atoms in total. The zero-order chi connectivity index (χ0) is 10.6. The molecule has 86 valence electrons. The Balaban J connectivity index is 3.30. The molecule has 0 aliphatic rings. The molecule has 0 bridgehead atoms. The first kappa shape index (κ1) is 14.0. The summed E-state index contributed by atoms with van der Waals surface area (Å²) in [6.07, 6.45) is 11.3. The van der Waals surface area contributed by atoms with Crippen LogP contribution in [0.1, 0.15) is 65.2 Å². The van der Waals surface area contributed by atoms with Crippen molar-refractivity contribution >= 4 is 0 Å². The normalized spacial score (nSPS) is 13.1. The molecular weight excluding hydrogens is 170 g/mol. The molecule has 0 saturated carbocycles. The van der Waals surface area contributed by atoms with Gasteiger partial charge in [-0.1, -0.05) is 52.4 Å². The lowest BCUT2D eigenvalue weighted by Crippen LogP contribution is -2.18. The van der Waals surface area contributed by atoms with E-state index in [0.29, 0.717) is 0 Å². The Hall–Kier alpha value is -0.0400. The number of rotatable bonds is 10. The molecule has 0 aromatic carbocycles. The molecule has 1 heteroatoms. The van der Waals surface area contributed by atoms with Gasteiger partial charge in [0.15, 0.2) is 0 Å². The van der Waals surface area contributed by atoms with Gasteiger partial charge in [-0.2, -0.15) is 0 Å². The molecule has 1 atom stereocenters. The summed E-state index contributed by atoms with van der Waals surface area (Å²) in [6, 6.07) is 0. The van der Waals surface area contributed by atoms with Crippen LogP contribution in [0.3, 0.4) is 0 Å². The van der Waals surface area contributed by atoms with E-state index in [0.717, 1.165) is 5.92 Å². The first-order chi connectivity index (χ1) is 6.85. The molecule has 0 aromatic rings. The van der Waals surface area contributed by atoms with E-state index in [2.05, 4.69) is 26.2 Å². The fourth-order valence-electron chi connectivity index (χ4n) is 2.08. The highest BCUT2D eigenvalue weighted by molar-refractivity contribution is 4.61. The number of nitrogens with one attached hydrogen (secondary N) is 1. The van der Waals surface area contributed by atoms with Gasteiger partial charge in [-0.3, -0.25) is 0 Å².